The molecular weight excluding hydrogens is 314 g/mol. The van der Waals surface area contributed by atoms with Crippen LogP contribution in [0.15, 0.2) is 33.6 Å². The molecule has 0 atom stereocenters. The van der Waals surface area contributed by atoms with Crippen LogP contribution in [0.5, 0.6) is 0 Å². The number of hydrogen-bond acceptors (Lipinski definition) is 3. The van der Waals surface area contributed by atoms with Gasteiger partial charge in [-0.1, -0.05) is 6.92 Å². The summed E-state index contributed by atoms with van der Waals surface area (Å²) in [6, 6.07) is 6.06. The van der Waals surface area contributed by atoms with Crippen molar-refractivity contribution in [2.24, 2.45) is 4.40 Å². The molecule has 1 aromatic carbocycles. The number of nitrogens with one attached hydrogen (secondary N) is 1. The fraction of sp³-hybridized carbons (Fsp3) is 0.500. The molecule has 1 N–H and O–H groups in total. The third-order valence-electron chi connectivity index (χ3n) is 3.74. The maximum absolute atomic E-state index is 12.5. The Morgan fingerprint density at radius 3 is 2.30 bits per heavy atom. The molecule has 1 fully saturated rings. The SMILES string of the molecule is CC/C(=N/S(=O)(=O)c1ccc(NC(C)=O)cc1)N1CCCCC1. The van der Waals surface area contributed by atoms with E-state index < -0.39 is 10.0 Å². The largest absolute Gasteiger partial charge is 0.359 e. The Kier molecular flexibility index (Phi) is 5.76. The summed E-state index contributed by atoms with van der Waals surface area (Å²) < 4.78 is 29.0. The van der Waals surface area contributed by atoms with Gasteiger partial charge < -0.3 is 10.2 Å². The normalized spacial score (nSPS) is 16.3. The van der Waals surface area contributed by atoms with E-state index in [1.807, 2.05) is 6.92 Å². The van der Waals surface area contributed by atoms with Crippen molar-refractivity contribution >= 4 is 27.5 Å². The number of carbonyl (C=O) groups excluding carboxylic acids is 1. The van der Waals surface area contributed by atoms with Crippen molar-refractivity contribution in [1.82, 2.24) is 4.90 Å². The lowest BCUT2D eigenvalue weighted by molar-refractivity contribution is -0.114. The molecule has 1 aliphatic rings. The Balaban J connectivity index is 2.22. The smallest absolute Gasteiger partial charge is 0.283 e. The van der Waals surface area contributed by atoms with Gasteiger partial charge in [0.15, 0.2) is 0 Å². The number of carbonyl (C=O) groups is 1. The molecule has 0 saturated carbocycles. The minimum Gasteiger partial charge on any atom is -0.359 e. The number of piperidine rings is 1. The van der Waals surface area contributed by atoms with Gasteiger partial charge in [0.1, 0.15) is 5.84 Å². The summed E-state index contributed by atoms with van der Waals surface area (Å²) in [4.78, 5) is 13.2. The Bertz CT molecular complexity index is 675. The molecule has 23 heavy (non-hydrogen) atoms. The zero-order chi connectivity index (χ0) is 16.9. The van der Waals surface area contributed by atoms with E-state index in [2.05, 4.69) is 14.6 Å². The number of nitrogens with zero attached hydrogens (tertiary/aromatic N) is 2. The molecule has 1 heterocycles. The van der Waals surface area contributed by atoms with Crippen LogP contribution in [0, 0.1) is 0 Å². The van der Waals surface area contributed by atoms with Crippen molar-refractivity contribution < 1.29 is 13.2 Å². The summed E-state index contributed by atoms with van der Waals surface area (Å²) in [7, 11) is -3.73. The molecule has 126 valence electrons. The second kappa shape index (κ2) is 7.59. The molecule has 0 unspecified atom stereocenters. The van der Waals surface area contributed by atoms with Crippen LogP contribution in [-0.4, -0.2) is 38.2 Å². The van der Waals surface area contributed by atoms with Crippen LogP contribution >= 0.6 is 0 Å². The van der Waals surface area contributed by atoms with Gasteiger partial charge >= 0.3 is 0 Å². The highest BCUT2D eigenvalue weighted by molar-refractivity contribution is 7.90. The predicted molar refractivity (Wildman–Crippen MR) is 91.1 cm³/mol. The van der Waals surface area contributed by atoms with Crippen molar-refractivity contribution in [2.75, 3.05) is 18.4 Å². The van der Waals surface area contributed by atoms with Crippen LogP contribution in [0.4, 0.5) is 5.69 Å². The Morgan fingerprint density at radius 2 is 1.78 bits per heavy atom. The summed E-state index contributed by atoms with van der Waals surface area (Å²) in [6.07, 6.45) is 3.92. The minimum atomic E-state index is -3.73. The van der Waals surface area contributed by atoms with Gasteiger partial charge in [0, 0.05) is 32.1 Å². The molecule has 0 aliphatic carbocycles. The van der Waals surface area contributed by atoms with Gasteiger partial charge in [-0.25, -0.2) is 0 Å². The van der Waals surface area contributed by atoms with Crippen LogP contribution in [0.2, 0.25) is 0 Å². The lowest BCUT2D eigenvalue weighted by atomic mass is 10.1. The second-order valence-corrected chi connectivity index (χ2v) is 7.19. The van der Waals surface area contributed by atoms with Crippen molar-refractivity contribution in [3.05, 3.63) is 24.3 Å². The van der Waals surface area contributed by atoms with Crippen LogP contribution < -0.4 is 5.32 Å². The van der Waals surface area contributed by atoms with E-state index in [-0.39, 0.29) is 10.8 Å². The number of likely N-dealkylation sites (tertiary alicyclic amines) is 1. The molecule has 6 nitrogen and oxygen atoms in total. The monoisotopic (exact) mass is 337 g/mol. The fourth-order valence-electron chi connectivity index (χ4n) is 2.60. The quantitative estimate of drug-likeness (QED) is 0.676. The zero-order valence-corrected chi connectivity index (χ0v) is 14.4. The number of amidine groups is 1. The van der Waals surface area contributed by atoms with E-state index >= 15 is 0 Å². The number of benzene rings is 1. The molecule has 0 radical (unpaired) electrons. The first kappa shape index (κ1) is 17.5. The molecule has 1 amide bonds. The average Bonchev–Trinajstić information content (AvgIpc) is 2.53. The highest BCUT2D eigenvalue weighted by Crippen LogP contribution is 2.18. The van der Waals surface area contributed by atoms with Gasteiger partial charge in [0.05, 0.1) is 4.90 Å². The Hall–Kier alpha value is -1.89. The van der Waals surface area contributed by atoms with Gasteiger partial charge in [-0.05, 0) is 43.5 Å². The standard InChI is InChI=1S/C16H23N3O3S/c1-3-16(19-11-5-4-6-12-19)18-23(21,22)15-9-7-14(8-10-15)17-13(2)20/h7-10H,3-6,11-12H2,1-2H3,(H,17,20)/b18-16-. The van der Waals surface area contributed by atoms with E-state index in [0.29, 0.717) is 17.9 Å². The van der Waals surface area contributed by atoms with Crippen LogP contribution in [0.25, 0.3) is 0 Å². The van der Waals surface area contributed by atoms with Gasteiger partial charge in [-0.2, -0.15) is 8.42 Å². The minimum absolute atomic E-state index is 0.134. The zero-order valence-electron chi connectivity index (χ0n) is 13.6. The first-order valence-corrected chi connectivity index (χ1v) is 9.33. The summed E-state index contributed by atoms with van der Waals surface area (Å²) in [5.41, 5.74) is 0.562. The summed E-state index contributed by atoms with van der Waals surface area (Å²) in [5.74, 6) is 0.424. The molecule has 0 bridgehead atoms. The first-order chi connectivity index (χ1) is 10.9. The number of amides is 1. The second-order valence-electron chi connectivity index (χ2n) is 5.59. The molecule has 1 saturated heterocycles. The number of hydrogen-bond donors (Lipinski definition) is 1. The number of sulfonamides is 1. The molecule has 1 aliphatic heterocycles. The average molecular weight is 337 g/mol. The lowest BCUT2D eigenvalue weighted by Gasteiger charge is -2.29. The molecule has 1 aromatic rings. The van der Waals surface area contributed by atoms with Crippen molar-refractivity contribution in [2.45, 2.75) is 44.4 Å². The Labute approximate surface area is 137 Å². The highest BCUT2D eigenvalue weighted by atomic mass is 32.2. The van der Waals surface area contributed by atoms with E-state index in [1.54, 1.807) is 12.1 Å². The molecule has 0 spiro atoms. The highest BCUT2D eigenvalue weighted by Gasteiger charge is 2.19. The van der Waals surface area contributed by atoms with Crippen LogP contribution in [0.3, 0.4) is 0 Å². The number of rotatable bonds is 4. The molecule has 2 rings (SSSR count). The van der Waals surface area contributed by atoms with Crippen molar-refractivity contribution in [3.8, 4) is 0 Å². The third-order valence-corrected chi connectivity index (χ3v) is 5.05. The third kappa shape index (κ3) is 4.79. The topological polar surface area (TPSA) is 78.8 Å². The van der Waals surface area contributed by atoms with Gasteiger partial charge in [0.2, 0.25) is 5.91 Å². The van der Waals surface area contributed by atoms with E-state index in [9.17, 15) is 13.2 Å². The Morgan fingerprint density at radius 1 is 1.17 bits per heavy atom. The van der Waals surface area contributed by atoms with E-state index in [1.165, 1.54) is 25.5 Å². The van der Waals surface area contributed by atoms with Gasteiger partial charge in [-0.15, -0.1) is 4.40 Å². The van der Waals surface area contributed by atoms with Crippen molar-refractivity contribution in [3.63, 3.8) is 0 Å². The summed E-state index contributed by atoms with van der Waals surface area (Å²) >= 11 is 0. The predicted octanol–water partition coefficient (Wildman–Crippen LogP) is 2.63. The fourth-order valence-corrected chi connectivity index (χ4v) is 3.71. The molecule has 0 aromatic heterocycles. The summed E-state index contributed by atoms with van der Waals surface area (Å²) in [6.45, 7) is 5.05. The number of anilines is 1. The van der Waals surface area contributed by atoms with Gasteiger partial charge in [0.25, 0.3) is 10.0 Å². The molecular formula is C16H23N3O3S. The maximum atomic E-state index is 12.5. The van der Waals surface area contributed by atoms with Crippen LogP contribution in [-0.2, 0) is 14.8 Å². The maximum Gasteiger partial charge on any atom is 0.283 e. The van der Waals surface area contributed by atoms with E-state index in [0.717, 1.165) is 25.9 Å². The first-order valence-electron chi connectivity index (χ1n) is 7.89. The van der Waals surface area contributed by atoms with Crippen molar-refractivity contribution in [1.29, 1.82) is 0 Å². The van der Waals surface area contributed by atoms with E-state index in [4.69, 9.17) is 0 Å². The molecule has 7 heteroatoms. The lowest BCUT2D eigenvalue weighted by Crippen LogP contribution is -2.35. The van der Waals surface area contributed by atoms with Gasteiger partial charge in [-0.3, -0.25) is 4.79 Å². The van der Waals surface area contributed by atoms with Crippen LogP contribution in [0.1, 0.15) is 39.5 Å². The summed E-state index contributed by atoms with van der Waals surface area (Å²) in [5, 5.41) is 2.61.